The largest absolute Gasteiger partial charge is 0.481 e. The molecule has 0 saturated heterocycles. The van der Waals surface area contributed by atoms with Gasteiger partial charge in [0.05, 0.1) is 5.41 Å². The number of rotatable bonds is 37. The number of aliphatic carboxylic acids is 1. The summed E-state index contributed by atoms with van der Waals surface area (Å²) in [6.07, 6.45) is 46.3. The highest BCUT2D eigenvalue weighted by molar-refractivity contribution is 5.75. The summed E-state index contributed by atoms with van der Waals surface area (Å²) in [6, 6.07) is 0. The number of carboxylic acids is 1. The fraction of sp³-hybridized carbons (Fsp3) is 0.976. The molecule has 0 radical (unpaired) electrons. The minimum absolute atomic E-state index is 0.351. The zero-order valence-corrected chi connectivity index (χ0v) is 31.2. The minimum atomic E-state index is -0.509. The number of carboxylic acid groups (broad SMARTS) is 1. The third-order valence-corrected chi connectivity index (χ3v) is 10.9. The van der Waals surface area contributed by atoms with Gasteiger partial charge in [-0.3, -0.25) is 4.79 Å². The summed E-state index contributed by atoms with van der Waals surface area (Å²) in [4.78, 5) is 12.7. The van der Waals surface area contributed by atoms with Crippen molar-refractivity contribution in [3.05, 3.63) is 0 Å². The van der Waals surface area contributed by atoms with Gasteiger partial charge in [-0.15, -0.1) is 0 Å². The number of hydrogen-bond acceptors (Lipinski definition) is 1. The summed E-state index contributed by atoms with van der Waals surface area (Å²) >= 11 is 0. The van der Waals surface area contributed by atoms with E-state index in [1.807, 2.05) is 0 Å². The molecule has 0 heterocycles. The average Bonchev–Trinajstić information content (AvgIpc) is 3.02. The molecule has 2 unspecified atom stereocenters. The first kappa shape index (κ1) is 43.5. The van der Waals surface area contributed by atoms with E-state index in [1.54, 1.807) is 0 Å². The van der Waals surface area contributed by atoms with Crippen LogP contribution in [0.25, 0.3) is 0 Å². The molecule has 0 bridgehead atoms. The third kappa shape index (κ3) is 24.7. The Hall–Kier alpha value is -0.530. The van der Waals surface area contributed by atoms with E-state index in [4.69, 9.17) is 0 Å². The zero-order valence-electron chi connectivity index (χ0n) is 31.2. The summed E-state index contributed by atoms with van der Waals surface area (Å²) in [5.74, 6) is -0.159. The van der Waals surface area contributed by atoms with Gasteiger partial charge in [0.1, 0.15) is 0 Å². The molecule has 0 aromatic carbocycles. The Balaban J connectivity index is 4.03. The minimum Gasteiger partial charge on any atom is -0.481 e. The van der Waals surface area contributed by atoms with Gasteiger partial charge in [-0.05, 0) is 31.6 Å². The van der Waals surface area contributed by atoms with Gasteiger partial charge in [0.25, 0.3) is 0 Å². The van der Waals surface area contributed by atoms with Crippen molar-refractivity contribution in [3.63, 3.8) is 0 Å². The molecule has 0 aliphatic heterocycles. The lowest BCUT2D eigenvalue weighted by Crippen LogP contribution is -2.38. The monoisotopic (exact) mass is 621 g/mol. The van der Waals surface area contributed by atoms with E-state index in [0.717, 1.165) is 38.5 Å². The molecule has 0 saturated carbocycles. The lowest BCUT2D eigenvalue weighted by molar-refractivity contribution is -0.154. The van der Waals surface area contributed by atoms with E-state index in [-0.39, 0.29) is 0 Å². The highest BCUT2D eigenvalue weighted by Crippen LogP contribution is 2.43. The third-order valence-electron chi connectivity index (χ3n) is 10.9. The van der Waals surface area contributed by atoms with Crippen LogP contribution in [-0.2, 0) is 4.79 Å². The average molecular weight is 621 g/mol. The van der Waals surface area contributed by atoms with E-state index in [2.05, 4.69) is 27.7 Å². The van der Waals surface area contributed by atoms with Gasteiger partial charge in [-0.25, -0.2) is 0 Å². The van der Waals surface area contributed by atoms with Gasteiger partial charge >= 0.3 is 5.97 Å². The molecular weight excluding hydrogens is 536 g/mol. The van der Waals surface area contributed by atoms with Crippen LogP contribution in [0.15, 0.2) is 0 Å². The molecule has 0 aromatic heterocycles. The highest BCUT2D eigenvalue weighted by atomic mass is 16.4. The lowest BCUT2D eigenvalue weighted by Gasteiger charge is -2.37. The predicted octanol–water partition coefficient (Wildman–Crippen LogP) is 15.4. The van der Waals surface area contributed by atoms with E-state index in [1.165, 1.54) is 186 Å². The fourth-order valence-electron chi connectivity index (χ4n) is 7.72. The molecule has 1 N–H and O–H groups in total. The standard InChI is InChI=1S/C42H84O2/c1-5-9-11-13-15-17-19-21-23-24-26-28-30-32-34-36-39-42(8-4,41(43)44)40(37-7-3)38-35-33-31-29-27-25-22-20-18-16-14-12-10-6-2/h40H,5-39H2,1-4H3,(H,43,44). The molecule has 2 heteroatoms. The highest BCUT2D eigenvalue weighted by Gasteiger charge is 2.42. The Morgan fingerprint density at radius 3 is 0.977 bits per heavy atom. The first-order valence-corrected chi connectivity index (χ1v) is 20.8. The van der Waals surface area contributed by atoms with Crippen LogP contribution in [0.1, 0.15) is 252 Å². The predicted molar refractivity (Wildman–Crippen MR) is 198 cm³/mol. The van der Waals surface area contributed by atoms with Crippen LogP contribution in [0.2, 0.25) is 0 Å². The molecule has 0 aliphatic rings. The molecule has 0 rings (SSSR count). The first-order valence-electron chi connectivity index (χ1n) is 20.8. The van der Waals surface area contributed by atoms with Crippen molar-refractivity contribution in [2.24, 2.45) is 11.3 Å². The smallest absolute Gasteiger partial charge is 0.309 e. The van der Waals surface area contributed by atoms with E-state index < -0.39 is 11.4 Å². The van der Waals surface area contributed by atoms with Crippen molar-refractivity contribution in [1.82, 2.24) is 0 Å². The summed E-state index contributed by atoms with van der Waals surface area (Å²) in [5, 5.41) is 10.5. The number of carbonyl (C=O) groups is 1. The Kier molecular flexibility index (Phi) is 33.4. The molecule has 2 atom stereocenters. The second kappa shape index (κ2) is 33.8. The molecule has 0 amide bonds. The van der Waals surface area contributed by atoms with Gasteiger partial charge < -0.3 is 5.11 Å². The van der Waals surface area contributed by atoms with Crippen LogP contribution in [0.3, 0.4) is 0 Å². The van der Waals surface area contributed by atoms with Crippen molar-refractivity contribution in [2.75, 3.05) is 0 Å². The van der Waals surface area contributed by atoms with E-state index in [9.17, 15) is 9.90 Å². The van der Waals surface area contributed by atoms with Gasteiger partial charge in [-0.1, -0.05) is 227 Å². The quantitative estimate of drug-likeness (QED) is 0.0701. The maximum absolute atomic E-state index is 12.7. The van der Waals surface area contributed by atoms with Crippen LogP contribution in [-0.4, -0.2) is 11.1 Å². The Morgan fingerprint density at radius 1 is 0.409 bits per heavy atom. The molecule has 264 valence electrons. The van der Waals surface area contributed by atoms with Crippen molar-refractivity contribution < 1.29 is 9.90 Å². The SMILES string of the molecule is CCCCCCCCCCCCCCCCCCC(CC)(C(=O)O)C(CCC)CCCCCCCCCCCCCCCC. The fourth-order valence-corrected chi connectivity index (χ4v) is 7.72. The lowest BCUT2D eigenvalue weighted by atomic mass is 9.66. The summed E-state index contributed by atoms with van der Waals surface area (Å²) in [5.41, 5.74) is -0.497. The molecule has 0 aromatic rings. The van der Waals surface area contributed by atoms with E-state index in [0.29, 0.717) is 5.92 Å². The number of hydrogen-bond donors (Lipinski definition) is 1. The Bertz CT molecular complexity index is 572. The zero-order chi connectivity index (χ0) is 32.4. The van der Waals surface area contributed by atoms with Gasteiger partial charge in [-0.2, -0.15) is 0 Å². The van der Waals surface area contributed by atoms with Crippen LogP contribution in [0.4, 0.5) is 0 Å². The second-order valence-electron chi connectivity index (χ2n) is 14.7. The Labute approximate surface area is 279 Å². The maximum Gasteiger partial charge on any atom is 0.309 e. The van der Waals surface area contributed by atoms with Gasteiger partial charge in [0.15, 0.2) is 0 Å². The van der Waals surface area contributed by atoms with Gasteiger partial charge in [0, 0.05) is 0 Å². The molecule has 0 fully saturated rings. The second-order valence-corrected chi connectivity index (χ2v) is 14.7. The van der Waals surface area contributed by atoms with Crippen LogP contribution in [0.5, 0.6) is 0 Å². The Morgan fingerprint density at radius 2 is 0.705 bits per heavy atom. The van der Waals surface area contributed by atoms with E-state index >= 15 is 0 Å². The van der Waals surface area contributed by atoms with Crippen LogP contribution >= 0.6 is 0 Å². The molecule has 2 nitrogen and oxygen atoms in total. The van der Waals surface area contributed by atoms with Crippen molar-refractivity contribution in [2.45, 2.75) is 252 Å². The molecule has 0 aliphatic carbocycles. The van der Waals surface area contributed by atoms with Crippen molar-refractivity contribution in [3.8, 4) is 0 Å². The normalized spacial score (nSPS) is 13.7. The number of unbranched alkanes of at least 4 members (excludes halogenated alkanes) is 28. The topological polar surface area (TPSA) is 37.3 Å². The summed E-state index contributed by atoms with van der Waals surface area (Å²) in [7, 11) is 0. The molecular formula is C42H84O2. The molecule has 0 spiro atoms. The van der Waals surface area contributed by atoms with Crippen molar-refractivity contribution in [1.29, 1.82) is 0 Å². The van der Waals surface area contributed by atoms with Gasteiger partial charge in [0.2, 0.25) is 0 Å². The van der Waals surface area contributed by atoms with Crippen LogP contribution in [0, 0.1) is 11.3 Å². The maximum atomic E-state index is 12.7. The summed E-state index contributed by atoms with van der Waals surface area (Å²) < 4.78 is 0. The van der Waals surface area contributed by atoms with Crippen LogP contribution < -0.4 is 0 Å². The first-order chi connectivity index (χ1) is 21.6. The summed E-state index contributed by atoms with van der Waals surface area (Å²) in [6.45, 7) is 8.98. The molecule has 44 heavy (non-hydrogen) atoms. The van der Waals surface area contributed by atoms with Crippen molar-refractivity contribution >= 4 is 5.97 Å².